The summed E-state index contributed by atoms with van der Waals surface area (Å²) in [7, 11) is 0. The minimum absolute atomic E-state index is 0.214. The van der Waals surface area contributed by atoms with Gasteiger partial charge in [-0.15, -0.1) is 0 Å². The van der Waals surface area contributed by atoms with Crippen LogP contribution < -0.4 is 27.6 Å². The van der Waals surface area contributed by atoms with Crippen LogP contribution in [0.1, 0.15) is 16.7 Å². The van der Waals surface area contributed by atoms with Crippen LogP contribution in [0.2, 0.25) is 0 Å². The summed E-state index contributed by atoms with van der Waals surface area (Å²) in [5.74, 6) is 0. The second kappa shape index (κ2) is 6.93. The second-order valence-electron chi connectivity index (χ2n) is 5.38. The SMILES string of the molecule is NCc1ccc(C=c2[nH]c(=O)c(=Cc3ccccc3)[nH]c2=O)cc1. The molecule has 24 heavy (non-hydrogen) atoms. The number of benzene rings is 2. The highest BCUT2D eigenvalue weighted by molar-refractivity contribution is 5.49. The lowest BCUT2D eigenvalue weighted by molar-refractivity contribution is 1.00. The number of nitrogens with one attached hydrogen (secondary N) is 2. The molecule has 0 saturated carbocycles. The van der Waals surface area contributed by atoms with Crippen LogP contribution in [0.4, 0.5) is 0 Å². The smallest absolute Gasteiger partial charge is 0.272 e. The summed E-state index contributed by atoms with van der Waals surface area (Å²) >= 11 is 0. The van der Waals surface area contributed by atoms with E-state index < -0.39 is 0 Å². The number of H-pyrrole nitrogens is 2. The Bertz CT molecular complexity index is 1060. The fraction of sp³-hybridized carbons (Fsp3) is 0.0526. The third-order valence-corrected chi connectivity index (χ3v) is 3.62. The minimum Gasteiger partial charge on any atom is -0.326 e. The summed E-state index contributed by atoms with van der Waals surface area (Å²) in [5, 5.41) is 0.438. The van der Waals surface area contributed by atoms with Crippen molar-refractivity contribution in [2.24, 2.45) is 5.73 Å². The lowest BCUT2D eigenvalue weighted by Crippen LogP contribution is -2.46. The van der Waals surface area contributed by atoms with Crippen LogP contribution in [0.3, 0.4) is 0 Å². The van der Waals surface area contributed by atoms with Gasteiger partial charge in [0.2, 0.25) is 0 Å². The van der Waals surface area contributed by atoms with Crippen LogP contribution in [0.5, 0.6) is 0 Å². The van der Waals surface area contributed by atoms with E-state index in [1.54, 1.807) is 12.2 Å². The van der Waals surface area contributed by atoms with Crippen molar-refractivity contribution >= 4 is 12.2 Å². The van der Waals surface area contributed by atoms with Crippen molar-refractivity contribution in [1.29, 1.82) is 0 Å². The van der Waals surface area contributed by atoms with Gasteiger partial charge in [-0.05, 0) is 28.8 Å². The van der Waals surface area contributed by atoms with Crippen molar-refractivity contribution in [2.45, 2.75) is 6.54 Å². The predicted molar refractivity (Wildman–Crippen MR) is 94.8 cm³/mol. The molecule has 5 nitrogen and oxygen atoms in total. The zero-order chi connectivity index (χ0) is 16.9. The molecule has 3 aromatic rings. The Morgan fingerprint density at radius 1 is 0.750 bits per heavy atom. The van der Waals surface area contributed by atoms with Crippen molar-refractivity contribution < 1.29 is 0 Å². The topological polar surface area (TPSA) is 91.7 Å². The van der Waals surface area contributed by atoms with Gasteiger partial charge in [-0.2, -0.15) is 0 Å². The predicted octanol–water partition coefficient (Wildman–Crippen LogP) is 0.179. The molecular weight excluding hydrogens is 302 g/mol. The lowest BCUT2D eigenvalue weighted by Gasteiger charge is -1.97. The van der Waals surface area contributed by atoms with Gasteiger partial charge in [-0.3, -0.25) is 9.59 Å². The van der Waals surface area contributed by atoms with Crippen LogP contribution in [-0.2, 0) is 6.54 Å². The van der Waals surface area contributed by atoms with Crippen LogP contribution >= 0.6 is 0 Å². The Morgan fingerprint density at radius 2 is 1.25 bits per heavy atom. The molecule has 4 N–H and O–H groups in total. The maximum Gasteiger partial charge on any atom is 0.272 e. The number of aromatic amines is 2. The minimum atomic E-state index is -0.348. The van der Waals surface area contributed by atoms with Crippen molar-refractivity contribution in [2.75, 3.05) is 0 Å². The van der Waals surface area contributed by atoms with Gasteiger partial charge in [0.15, 0.2) is 0 Å². The molecule has 1 heterocycles. The van der Waals surface area contributed by atoms with Gasteiger partial charge in [0, 0.05) is 6.54 Å². The molecule has 2 aromatic carbocycles. The van der Waals surface area contributed by atoms with Crippen molar-refractivity contribution in [1.82, 2.24) is 9.97 Å². The first kappa shape index (κ1) is 15.7. The molecule has 0 atom stereocenters. The molecule has 0 unspecified atom stereocenters. The highest BCUT2D eigenvalue weighted by Gasteiger charge is 1.97. The molecule has 0 saturated heterocycles. The van der Waals surface area contributed by atoms with E-state index in [0.717, 1.165) is 16.7 Å². The molecule has 0 fully saturated rings. The third-order valence-electron chi connectivity index (χ3n) is 3.62. The Balaban J connectivity index is 2.07. The molecule has 0 radical (unpaired) electrons. The molecule has 0 amide bonds. The molecule has 0 aliphatic carbocycles. The van der Waals surface area contributed by atoms with E-state index in [1.807, 2.05) is 54.6 Å². The summed E-state index contributed by atoms with van der Waals surface area (Å²) in [4.78, 5) is 29.7. The first-order valence-corrected chi connectivity index (χ1v) is 7.56. The quantitative estimate of drug-likeness (QED) is 0.643. The lowest BCUT2D eigenvalue weighted by atomic mass is 10.1. The van der Waals surface area contributed by atoms with Crippen LogP contribution in [0, 0.1) is 0 Å². The Kier molecular flexibility index (Phi) is 4.54. The van der Waals surface area contributed by atoms with E-state index in [4.69, 9.17) is 5.73 Å². The number of aromatic nitrogens is 2. The first-order valence-electron chi connectivity index (χ1n) is 7.56. The van der Waals surface area contributed by atoms with Gasteiger partial charge in [0.1, 0.15) is 10.7 Å². The van der Waals surface area contributed by atoms with Gasteiger partial charge in [-0.1, -0.05) is 54.6 Å². The van der Waals surface area contributed by atoms with E-state index in [-0.39, 0.29) is 21.8 Å². The fourth-order valence-corrected chi connectivity index (χ4v) is 2.33. The van der Waals surface area contributed by atoms with E-state index >= 15 is 0 Å². The average Bonchev–Trinajstić information content (AvgIpc) is 2.61. The summed E-state index contributed by atoms with van der Waals surface area (Å²) in [5.41, 5.74) is 7.52. The third kappa shape index (κ3) is 3.59. The number of nitrogens with two attached hydrogens (primary N) is 1. The molecule has 0 spiro atoms. The summed E-state index contributed by atoms with van der Waals surface area (Å²) in [6.45, 7) is 0.460. The van der Waals surface area contributed by atoms with Crippen LogP contribution in [-0.4, -0.2) is 9.97 Å². The van der Waals surface area contributed by atoms with Crippen LogP contribution in [0.15, 0.2) is 64.2 Å². The van der Waals surface area contributed by atoms with Gasteiger partial charge < -0.3 is 15.7 Å². The highest BCUT2D eigenvalue weighted by Crippen LogP contribution is 2.03. The molecule has 5 heteroatoms. The molecule has 3 rings (SSSR count). The van der Waals surface area contributed by atoms with Crippen LogP contribution in [0.25, 0.3) is 12.2 Å². The Hall–Kier alpha value is -3.18. The van der Waals surface area contributed by atoms with Gasteiger partial charge in [0.05, 0.1) is 0 Å². The van der Waals surface area contributed by atoms with E-state index in [0.29, 0.717) is 6.54 Å². The average molecular weight is 319 g/mol. The van der Waals surface area contributed by atoms with Crippen molar-refractivity contribution in [3.8, 4) is 0 Å². The standard InChI is InChI=1S/C19H17N3O2/c20-12-15-8-6-14(7-9-15)11-17-19(24)21-16(18(23)22-17)10-13-4-2-1-3-5-13/h1-11H,12,20H2,(H,21,24)(H,22,23). The summed E-state index contributed by atoms with van der Waals surface area (Å²) in [6.07, 6.45) is 3.27. The Morgan fingerprint density at radius 3 is 1.75 bits per heavy atom. The van der Waals surface area contributed by atoms with E-state index in [9.17, 15) is 9.59 Å². The monoisotopic (exact) mass is 319 g/mol. The normalized spacial score (nSPS) is 12.5. The molecular formula is C19H17N3O2. The first-order chi connectivity index (χ1) is 11.7. The number of hydrogen-bond acceptors (Lipinski definition) is 3. The van der Waals surface area contributed by atoms with E-state index in [1.165, 1.54) is 0 Å². The zero-order valence-electron chi connectivity index (χ0n) is 13.0. The van der Waals surface area contributed by atoms with E-state index in [2.05, 4.69) is 9.97 Å². The molecule has 1 aromatic heterocycles. The van der Waals surface area contributed by atoms with Gasteiger partial charge >= 0.3 is 0 Å². The van der Waals surface area contributed by atoms with Crippen molar-refractivity contribution in [3.63, 3.8) is 0 Å². The zero-order valence-corrected chi connectivity index (χ0v) is 13.0. The summed E-state index contributed by atoms with van der Waals surface area (Å²) < 4.78 is 0. The number of hydrogen-bond donors (Lipinski definition) is 3. The molecule has 120 valence electrons. The highest BCUT2D eigenvalue weighted by atomic mass is 16.1. The molecule has 0 aliphatic heterocycles. The summed E-state index contributed by atoms with van der Waals surface area (Å²) in [6, 6.07) is 16.8. The molecule has 0 aliphatic rings. The van der Waals surface area contributed by atoms with Crippen molar-refractivity contribution in [3.05, 3.63) is 103 Å². The number of rotatable bonds is 3. The van der Waals surface area contributed by atoms with Gasteiger partial charge in [-0.25, -0.2) is 0 Å². The maximum atomic E-state index is 12.2. The maximum absolute atomic E-state index is 12.2. The van der Waals surface area contributed by atoms with Gasteiger partial charge in [0.25, 0.3) is 11.1 Å². The largest absolute Gasteiger partial charge is 0.326 e. The second-order valence-corrected chi connectivity index (χ2v) is 5.38. The Labute approximate surface area is 137 Å². The molecule has 0 bridgehead atoms. The fourth-order valence-electron chi connectivity index (χ4n) is 2.33.